The number of halogens is 3. The molecule has 0 amide bonds. The number of pyridine rings is 1. The zero-order valence-corrected chi connectivity index (χ0v) is 14.7. The van der Waals surface area contributed by atoms with Crippen molar-refractivity contribution in [2.24, 2.45) is 0 Å². The third kappa shape index (κ3) is 3.45. The van der Waals surface area contributed by atoms with Crippen molar-refractivity contribution in [3.05, 3.63) is 59.6 Å². The van der Waals surface area contributed by atoms with E-state index in [1.165, 1.54) is 6.20 Å². The predicted octanol–water partition coefficient (Wildman–Crippen LogP) is 5.25. The summed E-state index contributed by atoms with van der Waals surface area (Å²) in [6.45, 7) is 1.70. The lowest BCUT2D eigenvalue weighted by atomic mass is 10.1. The molecule has 3 aromatic heterocycles. The molecule has 0 N–H and O–H groups in total. The molecule has 0 saturated heterocycles. The maximum Gasteiger partial charge on any atom is 0.417 e. The van der Waals surface area contributed by atoms with E-state index in [0.717, 1.165) is 34.7 Å². The van der Waals surface area contributed by atoms with E-state index in [2.05, 4.69) is 20.1 Å². The summed E-state index contributed by atoms with van der Waals surface area (Å²) in [6, 6.07) is 8.20. The Morgan fingerprint density at radius 2 is 1.74 bits per heavy atom. The molecule has 27 heavy (non-hydrogen) atoms. The zero-order valence-electron chi connectivity index (χ0n) is 13.9. The van der Waals surface area contributed by atoms with E-state index in [4.69, 9.17) is 4.52 Å². The molecular formula is C18H11F3N4OS. The number of aryl methyl sites for hydroxylation is 1. The van der Waals surface area contributed by atoms with Crippen LogP contribution in [0.3, 0.4) is 0 Å². The van der Waals surface area contributed by atoms with Gasteiger partial charge < -0.3 is 4.52 Å². The largest absolute Gasteiger partial charge is 0.417 e. The Balaban J connectivity index is 1.66. The van der Waals surface area contributed by atoms with Crippen LogP contribution >= 0.6 is 11.3 Å². The summed E-state index contributed by atoms with van der Waals surface area (Å²) >= 11 is 1.14. The molecule has 0 fully saturated rings. The summed E-state index contributed by atoms with van der Waals surface area (Å²) in [5.41, 5.74) is 1.36. The molecule has 0 unspecified atom stereocenters. The summed E-state index contributed by atoms with van der Waals surface area (Å²) < 4.78 is 44.6. The Kier molecular flexibility index (Phi) is 4.23. The van der Waals surface area contributed by atoms with Gasteiger partial charge in [-0.1, -0.05) is 29.4 Å². The molecule has 0 spiro atoms. The predicted molar refractivity (Wildman–Crippen MR) is 93.8 cm³/mol. The number of thiazole rings is 1. The minimum Gasteiger partial charge on any atom is -0.339 e. The third-order valence-corrected chi connectivity index (χ3v) is 4.70. The first-order valence-corrected chi connectivity index (χ1v) is 8.68. The fraction of sp³-hybridized carbons (Fsp3) is 0.111. The van der Waals surface area contributed by atoms with Gasteiger partial charge in [-0.2, -0.15) is 18.2 Å². The molecular weight excluding hydrogens is 377 g/mol. The molecule has 136 valence electrons. The highest BCUT2D eigenvalue weighted by molar-refractivity contribution is 7.13. The van der Waals surface area contributed by atoms with E-state index in [1.54, 1.807) is 12.3 Å². The van der Waals surface area contributed by atoms with E-state index >= 15 is 0 Å². The lowest BCUT2D eigenvalue weighted by Gasteiger charge is -2.09. The van der Waals surface area contributed by atoms with Crippen LogP contribution in [-0.4, -0.2) is 20.1 Å². The Labute approximate surface area is 155 Å². The summed E-state index contributed by atoms with van der Waals surface area (Å²) in [5, 5.41) is 5.84. The van der Waals surface area contributed by atoms with Gasteiger partial charge in [-0.25, -0.2) is 4.98 Å². The van der Waals surface area contributed by atoms with Gasteiger partial charge in [0.25, 0.3) is 0 Å². The van der Waals surface area contributed by atoms with Gasteiger partial charge in [-0.05, 0) is 6.07 Å². The monoisotopic (exact) mass is 388 g/mol. The first-order chi connectivity index (χ1) is 12.9. The normalized spacial score (nSPS) is 11.7. The summed E-state index contributed by atoms with van der Waals surface area (Å²) in [7, 11) is 0. The van der Waals surface area contributed by atoms with Gasteiger partial charge in [0.15, 0.2) is 0 Å². The van der Waals surface area contributed by atoms with Gasteiger partial charge in [-0.15, -0.1) is 11.3 Å². The number of hydrogen-bond donors (Lipinski definition) is 0. The molecule has 0 aliphatic heterocycles. The molecule has 9 heteroatoms. The fourth-order valence-electron chi connectivity index (χ4n) is 2.55. The van der Waals surface area contributed by atoms with Gasteiger partial charge in [0.2, 0.25) is 11.7 Å². The van der Waals surface area contributed by atoms with Crippen LogP contribution in [-0.2, 0) is 6.18 Å². The van der Waals surface area contributed by atoms with Crippen molar-refractivity contribution in [1.82, 2.24) is 20.1 Å². The van der Waals surface area contributed by atoms with Crippen LogP contribution in [0.1, 0.15) is 11.5 Å². The lowest BCUT2D eigenvalue weighted by molar-refractivity contribution is -0.137. The highest BCUT2D eigenvalue weighted by Gasteiger charge is 2.34. The first kappa shape index (κ1) is 17.3. The van der Waals surface area contributed by atoms with Gasteiger partial charge in [-0.3, -0.25) is 4.98 Å². The molecule has 3 heterocycles. The molecule has 4 aromatic rings. The molecule has 0 saturated carbocycles. The molecule has 0 radical (unpaired) electrons. The highest BCUT2D eigenvalue weighted by atomic mass is 32.1. The van der Waals surface area contributed by atoms with E-state index < -0.39 is 11.7 Å². The molecule has 0 atom stereocenters. The quantitative estimate of drug-likeness (QED) is 0.480. The van der Waals surface area contributed by atoms with E-state index in [-0.39, 0.29) is 10.6 Å². The van der Waals surface area contributed by atoms with E-state index in [1.807, 2.05) is 24.3 Å². The Hall–Kier alpha value is -3.07. The van der Waals surface area contributed by atoms with Crippen molar-refractivity contribution in [2.75, 3.05) is 0 Å². The SMILES string of the molecule is Cc1nc(-c2ccc(-c3csc(-c4cnccc4C(F)(F)F)n3)cc2)no1. The van der Waals surface area contributed by atoms with Crippen molar-refractivity contribution < 1.29 is 17.7 Å². The molecule has 5 nitrogen and oxygen atoms in total. The minimum absolute atomic E-state index is 0.0276. The summed E-state index contributed by atoms with van der Waals surface area (Å²) in [6.07, 6.45) is -2.15. The van der Waals surface area contributed by atoms with Crippen molar-refractivity contribution in [1.29, 1.82) is 0 Å². The Morgan fingerprint density at radius 1 is 1.00 bits per heavy atom. The smallest absolute Gasteiger partial charge is 0.339 e. The lowest BCUT2D eigenvalue weighted by Crippen LogP contribution is -2.07. The van der Waals surface area contributed by atoms with Crippen LogP contribution in [0, 0.1) is 6.92 Å². The van der Waals surface area contributed by atoms with Gasteiger partial charge in [0, 0.05) is 41.4 Å². The topological polar surface area (TPSA) is 64.7 Å². The van der Waals surface area contributed by atoms with Crippen molar-refractivity contribution in [2.45, 2.75) is 13.1 Å². The van der Waals surface area contributed by atoms with Crippen LogP contribution in [0.15, 0.2) is 52.6 Å². The molecule has 1 aromatic carbocycles. The van der Waals surface area contributed by atoms with Crippen LogP contribution in [0.4, 0.5) is 13.2 Å². The average Bonchev–Trinajstić information content (AvgIpc) is 3.30. The van der Waals surface area contributed by atoms with Crippen molar-refractivity contribution in [3.8, 4) is 33.2 Å². The highest BCUT2D eigenvalue weighted by Crippen LogP contribution is 2.38. The van der Waals surface area contributed by atoms with Crippen LogP contribution in [0.2, 0.25) is 0 Å². The number of hydrogen-bond acceptors (Lipinski definition) is 6. The van der Waals surface area contributed by atoms with E-state index in [9.17, 15) is 13.2 Å². The maximum atomic E-state index is 13.2. The number of aromatic nitrogens is 4. The average molecular weight is 388 g/mol. The molecule has 0 aliphatic carbocycles. The number of nitrogens with zero attached hydrogens (tertiary/aromatic N) is 4. The van der Waals surface area contributed by atoms with Crippen LogP contribution < -0.4 is 0 Å². The molecule has 0 aliphatic rings. The first-order valence-electron chi connectivity index (χ1n) is 7.80. The zero-order chi connectivity index (χ0) is 19.0. The summed E-state index contributed by atoms with van der Waals surface area (Å²) in [4.78, 5) is 12.3. The minimum atomic E-state index is -4.46. The van der Waals surface area contributed by atoms with Gasteiger partial charge >= 0.3 is 6.18 Å². The van der Waals surface area contributed by atoms with E-state index in [0.29, 0.717) is 17.4 Å². The second kappa shape index (κ2) is 6.58. The van der Waals surface area contributed by atoms with Crippen molar-refractivity contribution in [3.63, 3.8) is 0 Å². The fourth-order valence-corrected chi connectivity index (χ4v) is 3.40. The molecule has 4 rings (SSSR count). The van der Waals surface area contributed by atoms with Gasteiger partial charge in [0.1, 0.15) is 5.01 Å². The second-order valence-electron chi connectivity index (χ2n) is 5.67. The van der Waals surface area contributed by atoms with Crippen LogP contribution in [0.5, 0.6) is 0 Å². The third-order valence-electron chi connectivity index (χ3n) is 3.83. The summed E-state index contributed by atoms with van der Waals surface area (Å²) in [5.74, 6) is 0.943. The van der Waals surface area contributed by atoms with Crippen LogP contribution in [0.25, 0.3) is 33.2 Å². The standard InChI is InChI=1S/C18H11F3N4OS/c1-10-23-16(25-26-10)12-4-2-11(3-5-12)15-9-27-17(24-15)13-8-22-7-6-14(13)18(19,20)21/h2-9H,1H3. The number of rotatable bonds is 3. The number of alkyl halides is 3. The second-order valence-corrected chi connectivity index (χ2v) is 6.53. The Bertz CT molecular complexity index is 1090. The number of benzene rings is 1. The molecule has 0 bridgehead atoms. The van der Waals surface area contributed by atoms with Crippen molar-refractivity contribution >= 4 is 11.3 Å². The maximum absolute atomic E-state index is 13.2. The Morgan fingerprint density at radius 3 is 2.41 bits per heavy atom. The van der Waals surface area contributed by atoms with Gasteiger partial charge in [0.05, 0.1) is 11.3 Å².